The van der Waals surface area contributed by atoms with E-state index in [2.05, 4.69) is 51.6 Å². The number of carbonyl (C=O) groups is 1. The molecule has 2 aromatic carbocycles. The van der Waals surface area contributed by atoms with E-state index in [-0.39, 0.29) is 5.91 Å². The van der Waals surface area contributed by atoms with Gasteiger partial charge in [0.15, 0.2) is 0 Å². The number of para-hydroxylation sites is 1. The molecule has 1 amide bonds. The van der Waals surface area contributed by atoms with Crippen LogP contribution in [0.2, 0.25) is 0 Å². The number of amides is 1. The first-order valence-corrected chi connectivity index (χ1v) is 8.95. The van der Waals surface area contributed by atoms with Gasteiger partial charge in [-0.15, -0.1) is 0 Å². The number of benzene rings is 2. The fourth-order valence-electron chi connectivity index (χ4n) is 3.37. The van der Waals surface area contributed by atoms with Crippen LogP contribution in [0.4, 0.5) is 11.4 Å². The molecule has 3 aromatic rings. The molecule has 0 radical (unpaired) electrons. The molecule has 1 aliphatic rings. The Hall–Kier alpha value is -3.14. The number of pyridine rings is 1. The van der Waals surface area contributed by atoms with E-state index in [4.69, 9.17) is 0 Å². The molecule has 0 saturated carbocycles. The second-order valence-electron chi connectivity index (χ2n) is 6.42. The average molecular weight is 343 g/mol. The van der Waals surface area contributed by atoms with Crippen LogP contribution in [0.1, 0.15) is 21.6 Å². The summed E-state index contributed by atoms with van der Waals surface area (Å²) in [6, 6.07) is 22.4. The molecule has 0 fully saturated rings. The zero-order chi connectivity index (χ0) is 17.8. The predicted octanol–water partition coefficient (Wildman–Crippen LogP) is 3.75. The molecule has 4 heteroatoms. The van der Waals surface area contributed by atoms with Gasteiger partial charge in [-0.2, -0.15) is 0 Å². The minimum absolute atomic E-state index is 0.129. The van der Waals surface area contributed by atoms with Crippen molar-refractivity contribution in [3.63, 3.8) is 0 Å². The lowest BCUT2D eigenvalue weighted by Crippen LogP contribution is -2.27. The van der Waals surface area contributed by atoms with Gasteiger partial charge in [-0.25, -0.2) is 0 Å². The van der Waals surface area contributed by atoms with Crippen LogP contribution in [0.3, 0.4) is 0 Å². The minimum Gasteiger partial charge on any atom is -0.350 e. The smallest absolute Gasteiger partial charge is 0.269 e. The molecule has 1 N–H and O–H groups in total. The number of rotatable bonds is 5. The van der Waals surface area contributed by atoms with E-state index in [9.17, 15) is 4.79 Å². The highest BCUT2D eigenvalue weighted by Gasteiger charge is 2.20. The van der Waals surface area contributed by atoms with Crippen LogP contribution in [0.5, 0.6) is 0 Å². The third-order valence-corrected chi connectivity index (χ3v) is 4.72. The molecule has 130 valence electrons. The monoisotopic (exact) mass is 343 g/mol. The molecule has 0 saturated heterocycles. The van der Waals surface area contributed by atoms with Gasteiger partial charge in [0.25, 0.3) is 5.91 Å². The molecule has 1 aromatic heterocycles. The van der Waals surface area contributed by atoms with Gasteiger partial charge < -0.3 is 10.2 Å². The summed E-state index contributed by atoms with van der Waals surface area (Å²) in [5.41, 5.74) is 5.24. The van der Waals surface area contributed by atoms with Crippen LogP contribution in [-0.4, -0.2) is 24.0 Å². The van der Waals surface area contributed by atoms with E-state index in [0.29, 0.717) is 12.2 Å². The Morgan fingerprint density at radius 1 is 1.04 bits per heavy atom. The number of carbonyl (C=O) groups excluding carboxylic acids is 1. The quantitative estimate of drug-likeness (QED) is 0.767. The van der Waals surface area contributed by atoms with Crippen molar-refractivity contribution in [2.24, 2.45) is 0 Å². The fourth-order valence-corrected chi connectivity index (χ4v) is 3.37. The number of hydrogen-bond donors (Lipinski definition) is 1. The van der Waals surface area contributed by atoms with Gasteiger partial charge >= 0.3 is 0 Å². The highest BCUT2D eigenvalue weighted by molar-refractivity contribution is 5.93. The number of hydrogen-bond acceptors (Lipinski definition) is 3. The average Bonchev–Trinajstić information content (AvgIpc) is 3.13. The van der Waals surface area contributed by atoms with Gasteiger partial charge in [0.05, 0.1) is 0 Å². The summed E-state index contributed by atoms with van der Waals surface area (Å²) in [7, 11) is 0. The van der Waals surface area contributed by atoms with Crippen LogP contribution in [0.15, 0.2) is 72.9 Å². The van der Waals surface area contributed by atoms with Crippen LogP contribution in [0, 0.1) is 0 Å². The van der Waals surface area contributed by atoms with Crippen LogP contribution < -0.4 is 10.2 Å². The number of anilines is 2. The molecule has 2 heterocycles. The lowest BCUT2D eigenvalue weighted by atomic mass is 10.1. The van der Waals surface area contributed by atoms with E-state index >= 15 is 0 Å². The van der Waals surface area contributed by atoms with Crippen molar-refractivity contribution in [1.82, 2.24) is 10.3 Å². The zero-order valence-electron chi connectivity index (χ0n) is 14.6. The maximum Gasteiger partial charge on any atom is 0.269 e. The molecule has 0 bridgehead atoms. The number of nitrogens with zero attached hydrogens (tertiary/aromatic N) is 2. The summed E-state index contributed by atoms with van der Waals surface area (Å²) in [5.74, 6) is -0.129. The van der Waals surface area contributed by atoms with Crippen molar-refractivity contribution in [3.8, 4) is 0 Å². The highest BCUT2D eigenvalue weighted by Crippen LogP contribution is 2.34. The largest absolute Gasteiger partial charge is 0.350 e. The first kappa shape index (κ1) is 16.3. The standard InChI is InChI=1S/C22H21N3O/c26-22(24-13-10-17-6-2-1-3-7-17)20-16-19(11-14-23-20)25-15-12-18-8-4-5-9-21(18)25/h1-9,11,14,16H,10,12-13,15H2,(H,24,26). The molecular formula is C22H21N3O. The maximum atomic E-state index is 12.5. The van der Waals surface area contributed by atoms with Gasteiger partial charge in [-0.3, -0.25) is 9.78 Å². The summed E-state index contributed by atoms with van der Waals surface area (Å²) in [4.78, 5) is 19.0. The van der Waals surface area contributed by atoms with Crippen LogP contribution in [-0.2, 0) is 12.8 Å². The van der Waals surface area contributed by atoms with Crippen LogP contribution in [0.25, 0.3) is 0 Å². The fraction of sp³-hybridized carbons (Fsp3) is 0.182. The SMILES string of the molecule is O=C(NCCc1ccccc1)c1cc(N2CCc3ccccc32)ccn1. The summed E-state index contributed by atoms with van der Waals surface area (Å²) in [6.45, 7) is 1.53. The van der Waals surface area contributed by atoms with Crippen LogP contribution >= 0.6 is 0 Å². The predicted molar refractivity (Wildman–Crippen MR) is 104 cm³/mol. The third kappa shape index (κ3) is 3.45. The normalized spacial score (nSPS) is 12.7. The lowest BCUT2D eigenvalue weighted by molar-refractivity contribution is 0.0949. The molecule has 4 rings (SSSR count). The maximum absolute atomic E-state index is 12.5. The van der Waals surface area contributed by atoms with Crippen molar-refractivity contribution in [2.45, 2.75) is 12.8 Å². The second-order valence-corrected chi connectivity index (χ2v) is 6.42. The topological polar surface area (TPSA) is 45.2 Å². The molecule has 0 unspecified atom stereocenters. The minimum atomic E-state index is -0.129. The summed E-state index contributed by atoms with van der Waals surface area (Å²) in [6.07, 6.45) is 3.55. The van der Waals surface area contributed by atoms with Crippen molar-refractivity contribution in [1.29, 1.82) is 0 Å². The van der Waals surface area contributed by atoms with E-state index in [1.165, 1.54) is 16.8 Å². The Bertz CT molecular complexity index is 908. The van der Waals surface area contributed by atoms with Gasteiger partial charge in [0.2, 0.25) is 0 Å². The van der Waals surface area contributed by atoms with E-state index in [1.807, 2.05) is 30.3 Å². The Kier molecular flexibility index (Phi) is 4.65. The summed E-state index contributed by atoms with van der Waals surface area (Å²) >= 11 is 0. The zero-order valence-corrected chi connectivity index (χ0v) is 14.6. The molecule has 4 nitrogen and oxygen atoms in total. The lowest BCUT2D eigenvalue weighted by Gasteiger charge is -2.19. The van der Waals surface area contributed by atoms with Crippen molar-refractivity contribution < 1.29 is 4.79 Å². The van der Waals surface area contributed by atoms with E-state index in [1.54, 1.807) is 6.20 Å². The Labute approximate surface area is 153 Å². The number of fused-ring (bicyclic) bond motifs is 1. The number of nitrogens with one attached hydrogen (secondary N) is 1. The third-order valence-electron chi connectivity index (χ3n) is 4.72. The van der Waals surface area contributed by atoms with Crippen molar-refractivity contribution in [3.05, 3.63) is 89.7 Å². The molecule has 0 spiro atoms. The van der Waals surface area contributed by atoms with Crippen molar-refractivity contribution in [2.75, 3.05) is 18.0 Å². The van der Waals surface area contributed by atoms with Crippen molar-refractivity contribution >= 4 is 17.3 Å². The van der Waals surface area contributed by atoms with E-state index in [0.717, 1.165) is 25.1 Å². The Morgan fingerprint density at radius 3 is 2.73 bits per heavy atom. The first-order valence-electron chi connectivity index (χ1n) is 8.95. The molecule has 0 atom stereocenters. The Balaban J connectivity index is 1.43. The highest BCUT2D eigenvalue weighted by atomic mass is 16.1. The van der Waals surface area contributed by atoms with Gasteiger partial charge in [0, 0.05) is 30.7 Å². The summed E-state index contributed by atoms with van der Waals surface area (Å²) < 4.78 is 0. The van der Waals surface area contributed by atoms with Gasteiger partial charge in [-0.1, -0.05) is 48.5 Å². The molecule has 0 aliphatic carbocycles. The molecular weight excluding hydrogens is 322 g/mol. The summed E-state index contributed by atoms with van der Waals surface area (Å²) in [5, 5.41) is 2.96. The van der Waals surface area contributed by atoms with Gasteiger partial charge in [0.1, 0.15) is 5.69 Å². The molecule has 26 heavy (non-hydrogen) atoms. The Morgan fingerprint density at radius 2 is 1.85 bits per heavy atom. The second kappa shape index (κ2) is 7.40. The van der Waals surface area contributed by atoms with Gasteiger partial charge in [-0.05, 0) is 42.2 Å². The first-order chi connectivity index (χ1) is 12.8. The van der Waals surface area contributed by atoms with E-state index < -0.39 is 0 Å². The molecule has 1 aliphatic heterocycles. The number of aromatic nitrogens is 1.